The molecule has 1 aromatic rings. The Morgan fingerprint density at radius 3 is 3.00 bits per heavy atom. The van der Waals surface area contributed by atoms with E-state index in [2.05, 4.69) is 17.7 Å². The minimum Gasteiger partial charge on any atom is -0.265 e. The van der Waals surface area contributed by atoms with E-state index in [9.17, 15) is 10.1 Å². The van der Waals surface area contributed by atoms with Gasteiger partial charge in [0, 0.05) is 7.05 Å². The lowest BCUT2D eigenvalue weighted by Crippen LogP contribution is -2.01. The van der Waals surface area contributed by atoms with Gasteiger partial charge in [-0.25, -0.2) is 0 Å². The van der Waals surface area contributed by atoms with Gasteiger partial charge in [-0.1, -0.05) is 0 Å². The maximum Gasteiger partial charge on any atom is 0.310 e. The van der Waals surface area contributed by atoms with Gasteiger partial charge in [0.05, 0.1) is 4.92 Å². The fourth-order valence-electron chi connectivity index (χ4n) is 1.14. The molecule has 72 valence electrons. The van der Waals surface area contributed by atoms with Gasteiger partial charge in [0.15, 0.2) is 0 Å². The van der Waals surface area contributed by atoms with Crippen molar-refractivity contribution in [2.24, 2.45) is 7.05 Å². The molecule has 1 heterocycles. The van der Waals surface area contributed by atoms with Crippen molar-refractivity contribution in [3.8, 4) is 0 Å². The second kappa shape index (κ2) is 4.27. The second-order valence-electron chi connectivity index (χ2n) is 2.68. The van der Waals surface area contributed by atoms with Gasteiger partial charge in [0.2, 0.25) is 0 Å². The molecule has 1 aromatic heterocycles. The quantitative estimate of drug-likeness (QED) is 0.452. The minimum absolute atomic E-state index is 0.101. The SMILES string of the molecule is Cn1ncc([N+](=O)[O-])c1CCCS. The number of thiol groups is 1. The average molecular weight is 201 g/mol. The summed E-state index contributed by atoms with van der Waals surface area (Å²) in [5, 5.41) is 14.4. The number of nitrogens with zero attached hydrogens (tertiary/aromatic N) is 3. The molecule has 0 N–H and O–H groups in total. The van der Waals surface area contributed by atoms with Crippen LogP contribution in [0.2, 0.25) is 0 Å². The first-order valence-corrected chi connectivity index (χ1v) is 4.56. The van der Waals surface area contributed by atoms with Crippen LogP contribution in [0.3, 0.4) is 0 Å². The third kappa shape index (κ3) is 2.21. The maximum absolute atomic E-state index is 10.5. The van der Waals surface area contributed by atoms with Crippen LogP contribution in [0.25, 0.3) is 0 Å². The first kappa shape index (κ1) is 10.0. The van der Waals surface area contributed by atoms with Crippen molar-refractivity contribution in [1.29, 1.82) is 0 Å². The molecular formula is C7H11N3O2S. The summed E-state index contributed by atoms with van der Waals surface area (Å²) in [5.74, 6) is 0.725. The van der Waals surface area contributed by atoms with E-state index in [0.29, 0.717) is 12.1 Å². The molecule has 1 rings (SSSR count). The number of aromatic nitrogens is 2. The van der Waals surface area contributed by atoms with E-state index in [1.807, 2.05) is 0 Å². The number of hydrogen-bond acceptors (Lipinski definition) is 4. The molecule has 0 saturated heterocycles. The normalized spacial score (nSPS) is 10.3. The molecular weight excluding hydrogens is 190 g/mol. The third-order valence-electron chi connectivity index (χ3n) is 1.81. The Morgan fingerprint density at radius 2 is 2.46 bits per heavy atom. The van der Waals surface area contributed by atoms with Crippen molar-refractivity contribution in [2.75, 3.05) is 5.75 Å². The van der Waals surface area contributed by atoms with Crippen LogP contribution in [0.4, 0.5) is 5.69 Å². The molecule has 0 aliphatic heterocycles. The fourth-order valence-corrected chi connectivity index (χ4v) is 1.30. The molecule has 0 aliphatic carbocycles. The lowest BCUT2D eigenvalue weighted by Gasteiger charge is -1.98. The Kier molecular flexibility index (Phi) is 3.30. The van der Waals surface area contributed by atoms with Gasteiger partial charge >= 0.3 is 5.69 Å². The Hall–Kier alpha value is -1.04. The number of rotatable bonds is 4. The fraction of sp³-hybridized carbons (Fsp3) is 0.571. The van der Waals surface area contributed by atoms with Crippen LogP contribution in [0.5, 0.6) is 0 Å². The monoisotopic (exact) mass is 201 g/mol. The standard InChI is InChI=1S/C7H11N3O2S/c1-9-6(3-2-4-13)7(5-8-9)10(11)12/h5,13H,2-4H2,1H3. The molecule has 0 bridgehead atoms. The minimum atomic E-state index is -0.402. The van der Waals surface area contributed by atoms with Gasteiger partial charge in [-0.3, -0.25) is 14.8 Å². The molecule has 0 aliphatic rings. The topological polar surface area (TPSA) is 61.0 Å². The summed E-state index contributed by atoms with van der Waals surface area (Å²) in [6.45, 7) is 0. The summed E-state index contributed by atoms with van der Waals surface area (Å²) in [4.78, 5) is 10.1. The lowest BCUT2D eigenvalue weighted by atomic mass is 10.2. The highest BCUT2D eigenvalue weighted by atomic mass is 32.1. The molecule has 5 nitrogen and oxygen atoms in total. The number of hydrogen-bond donors (Lipinski definition) is 1. The molecule has 0 aromatic carbocycles. The van der Waals surface area contributed by atoms with Gasteiger partial charge in [-0.2, -0.15) is 17.7 Å². The van der Waals surface area contributed by atoms with E-state index in [1.54, 1.807) is 11.7 Å². The van der Waals surface area contributed by atoms with Crippen LogP contribution in [0.15, 0.2) is 6.20 Å². The van der Waals surface area contributed by atoms with E-state index in [1.165, 1.54) is 6.20 Å². The summed E-state index contributed by atoms with van der Waals surface area (Å²) in [6, 6.07) is 0. The zero-order valence-electron chi connectivity index (χ0n) is 7.30. The van der Waals surface area contributed by atoms with Crippen molar-refractivity contribution in [2.45, 2.75) is 12.8 Å². The summed E-state index contributed by atoms with van der Waals surface area (Å²) in [6.07, 6.45) is 2.76. The summed E-state index contributed by atoms with van der Waals surface area (Å²) in [5.41, 5.74) is 0.767. The smallest absolute Gasteiger partial charge is 0.265 e. The second-order valence-corrected chi connectivity index (χ2v) is 3.13. The van der Waals surface area contributed by atoms with Gasteiger partial charge < -0.3 is 0 Å². The summed E-state index contributed by atoms with van der Waals surface area (Å²) < 4.78 is 1.54. The number of nitro groups is 1. The van der Waals surface area contributed by atoms with Crippen LogP contribution < -0.4 is 0 Å². The van der Waals surface area contributed by atoms with Crippen molar-refractivity contribution in [3.05, 3.63) is 22.0 Å². The van der Waals surface area contributed by atoms with Crippen LogP contribution in [0.1, 0.15) is 12.1 Å². The van der Waals surface area contributed by atoms with Crippen LogP contribution in [-0.4, -0.2) is 20.5 Å². The largest absolute Gasteiger partial charge is 0.310 e. The Bertz CT molecular complexity index is 311. The van der Waals surface area contributed by atoms with Crippen LogP contribution in [-0.2, 0) is 13.5 Å². The first-order chi connectivity index (χ1) is 6.16. The van der Waals surface area contributed by atoms with Crippen LogP contribution in [0, 0.1) is 10.1 Å². The zero-order valence-corrected chi connectivity index (χ0v) is 8.20. The summed E-state index contributed by atoms with van der Waals surface area (Å²) >= 11 is 4.05. The lowest BCUT2D eigenvalue weighted by molar-refractivity contribution is -0.385. The van der Waals surface area contributed by atoms with Crippen molar-refractivity contribution in [3.63, 3.8) is 0 Å². The maximum atomic E-state index is 10.5. The first-order valence-electron chi connectivity index (χ1n) is 3.93. The van der Waals surface area contributed by atoms with Crippen LogP contribution >= 0.6 is 12.6 Å². The van der Waals surface area contributed by atoms with Crippen molar-refractivity contribution in [1.82, 2.24) is 9.78 Å². The zero-order chi connectivity index (χ0) is 9.84. The van der Waals surface area contributed by atoms with Gasteiger partial charge in [0.25, 0.3) is 0 Å². The predicted molar refractivity (Wildman–Crippen MR) is 52.0 cm³/mol. The number of aryl methyl sites for hydroxylation is 1. The third-order valence-corrected chi connectivity index (χ3v) is 2.12. The molecule has 0 radical (unpaired) electrons. The predicted octanol–water partition coefficient (Wildman–Crippen LogP) is 1.19. The van der Waals surface area contributed by atoms with Crippen molar-refractivity contribution >= 4 is 18.3 Å². The molecule has 0 saturated carbocycles. The Labute approximate surface area is 81.3 Å². The van der Waals surface area contributed by atoms with Gasteiger partial charge in [-0.05, 0) is 18.6 Å². The summed E-state index contributed by atoms with van der Waals surface area (Å²) in [7, 11) is 1.71. The molecule has 6 heteroatoms. The Morgan fingerprint density at radius 1 is 1.77 bits per heavy atom. The molecule has 0 fully saturated rings. The van der Waals surface area contributed by atoms with E-state index in [-0.39, 0.29) is 5.69 Å². The van der Waals surface area contributed by atoms with E-state index >= 15 is 0 Å². The van der Waals surface area contributed by atoms with Gasteiger partial charge in [-0.15, -0.1) is 0 Å². The molecule has 0 atom stereocenters. The highest BCUT2D eigenvalue weighted by molar-refractivity contribution is 7.80. The van der Waals surface area contributed by atoms with Gasteiger partial charge in [0.1, 0.15) is 11.9 Å². The molecule has 0 spiro atoms. The molecule has 0 unspecified atom stereocenters. The van der Waals surface area contributed by atoms with E-state index in [4.69, 9.17) is 0 Å². The molecule has 0 amide bonds. The average Bonchev–Trinajstić information content (AvgIpc) is 2.43. The van der Waals surface area contributed by atoms with E-state index < -0.39 is 4.92 Å². The Balaban J connectivity index is 2.88. The highest BCUT2D eigenvalue weighted by Crippen LogP contribution is 2.18. The van der Waals surface area contributed by atoms with Crippen molar-refractivity contribution < 1.29 is 4.92 Å². The molecule has 13 heavy (non-hydrogen) atoms. The highest BCUT2D eigenvalue weighted by Gasteiger charge is 2.17. The van der Waals surface area contributed by atoms with E-state index in [0.717, 1.165) is 12.2 Å².